The number of aryl methyl sites for hydroxylation is 1. The number of carbonyl (C=O) groups is 1. The number of anilines is 1. The zero-order valence-corrected chi connectivity index (χ0v) is 12.9. The van der Waals surface area contributed by atoms with Gasteiger partial charge in [-0.3, -0.25) is 4.79 Å². The second-order valence-corrected chi connectivity index (χ2v) is 6.03. The quantitative estimate of drug-likeness (QED) is 0.736. The number of likely N-dealkylation sites (tertiary alicyclic amines) is 1. The van der Waals surface area contributed by atoms with E-state index in [0.29, 0.717) is 23.6 Å². The number of hydrogen-bond donors (Lipinski definition) is 3. The molecule has 2 aromatic rings. The number of benzene rings is 1. The highest BCUT2D eigenvalue weighted by Crippen LogP contribution is 2.26. The van der Waals surface area contributed by atoms with Crippen molar-refractivity contribution in [3.63, 3.8) is 0 Å². The average molecular weight is 316 g/mol. The first-order chi connectivity index (χ1) is 10.9. The maximum atomic E-state index is 12.5. The Labute approximate surface area is 133 Å². The van der Waals surface area contributed by atoms with Gasteiger partial charge in [0.25, 0.3) is 5.91 Å². The Kier molecular flexibility index (Phi) is 3.83. The van der Waals surface area contributed by atoms with Crippen molar-refractivity contribution >= 4 is 11.7 Å². The first-order valence-electron chi connectivity index (χ1n) is 7.43. The van der Waals surface area contributed by atoms with Crippen LogP contribution in [0.15, 0.2) is 30.3 Å². The molecule has 1 fully saturated rings. The van der Waals surface area contributed by atoms with Gasteiger partial charge in [-0.2, -0.15) is 5.10 Å². The molecule has 7 heteroatoms. The van der Waals surface area contributed by atoms with Crippen LogP contribution in [0.1, 0.15) is 21.6 Å². The molecule has 1 saturated heterocycles. The van der Waals surface area contributed by atoms with Crippen LogP contribution in [0.5, 0.6) is 0 Å². The Morgan fingerprint density at radius 3 is 2.61 bits per heavy atom. The van der Waals surface area contributed by atoms with E-state index in [1.165, 1.54) is 4.90 Å². The lowest BCUT2D eigenvalue weighted by Crippen LogP contribution is -2.65. The largest absolute Gasteiger partial charge is 0.393 e. The van der Waals surface area contributed by atoms with Gasteiger partial charge in [0.2, 0.25) is 0 Å². The van der Waals surface area contributed by atoms with Crippen LogP contribution in [-0.4, -0.2) is 56.1 Å². The topological polar surface area (TPSA) is 105 Å². The Morgan fingerprint density at radius 1 is 1.35 bits per heavy atom. The second kappa shape index (κ2) is 5.68. The average Bonchev–Trinajstić information content (AvgIpc) is 2.78. The van der Waals surface area contributed by atoms with Gasteiger partial charge in [0.05, 0.1) is 31.9 Å². The second-order valence-electron chi connectivity index (χ2n) is 6.03. The van der Waals surface area contributed by atoms with E-state index in [2.05, 4.69) is 5.10 Å². The molecule has 0 bridgehead atoms. The molecule has 3 rings (SSSR count). The Morgan fingerprint density at radius 2 is 2.00 bits per heavy atom. The molecule has 0 atom stereocenters. The van der Waals surface area contributed by atoms with Gasteiger partial charge in [0.1, 0.15) is 17.0 Å². The molecule has 0 spiro atoms. The van der Waals surface area contributed by atoms with Crippen LogP contribution in [0.4, 0.5) is 5.82 Å². The number of nitrogens with zero attached hydrogens (tertiary/aromatic N) is 3. The highest BCUT2D eigenvalue weighted by Gasteiger charge is 2.44. The molecule has 1 aliphatic rings. The van der Waals surface area contributed by atoms with Gasteiger partial charge in [-0.25, -0.2) is 4.68 Å². The number of hydrogen-bond acceptors (Lipinski definition) is 5. The van der Waals surface area contributed by atoms with E-state index >= 15 is 0 Å². The summed E-state index contributed by atoms with van der Waals surface area (Å²) in [7, 11) is 0. The van der Waals surface area contributed by atoms with Crippen molar-refractivity contribution in [2.75, 3.05) is 25.4 Å². The summed E-state index contributed by atoms with van der Waals surface area (Å²) in [6.07, 6.45) is 0. The molecule has 0 unspecified atom stereocenters. The summed E-state index contributed by atoms with van der Waals surface area (Å²) in [6.45, 7) is 2.07. The van der Waals surface area contributed by atoms with Crippen molar-refractivity contribution in [2.24, 2.45) is 0 Å². The number of β-amino-alcohol motifs (C(OH)–C–C–N with tert-alkyl or cyclic N) is 1. The predicted molar refractivity (Wildman–Crippen MR) is 84.9 cm³/mol. The standard InChI is InChI=1S/C16H20N4O3/c1-11-13(15(22)19-8-16(23,9-19)10-21)14(17)20(18-11)7-12-5-3-2-4-6-12/h2-6,21,23H,7-10,17H2,1H3. The number of nitrogen functional groups attached to an aromatic ring is 1. The summed E-state index contributed by atoms with van der Waals surface area (Å²) < 4.78 is 1.61. The van der Waals surface area contributed by atoms with Gasteiger partial charge in [-0.1, -0.05) is 30.3 Å². The molecule has 0 radical (unpaired) electrons. The van der Waals surface area contributed by atoms with E-state index < -0.39 is 5.60 Å². The van der Waals surface area contributed by atoms with Crippen molar-refractivity contribution in [1.29, 1.82) is 0 Å². The Hall–Kier alpha value is -2.38. The van der Waals surface area contributed by atoms with E-state index in [0.717, 1.165) is 5.56 Å². The van der Waals surface area contributed by atoms with Crippen LogP contribution in [0.2, 0.25) is 0 Å². The summed E-state index contributed by atoms with van der Waals surface area (Å²) in [5.41, 5.74) is 6.88. The van der Waals surface area contributed by atoms with Crippen LogP contribution in [-0.2, 0) is 6.54 Å². The maximum absolute atomic E-state index is 12.5. The summed E-state index contributed by atoms with van der Waals surface area (Å²) in [5.74, 6) is 0.0493. The van der Waals surface area contributed by atoms with Gasteiger partial charge in [-0.15, -0.1) is 0 Å². The summed E-state index contributed by atoms with van der Waals surface area (Å²) in [5, 5.41) is 23.2. The zero-order chi connectivity index (χ0) is 16.6. The van der Waals surface area contributed by atoms with Gasteiger partial charge in [-0.05, 0) is 12.5 Å². The molecule has 4 N–H and O–H groups in total. The minimum atomic E-state index is -1.20. The molecule has 2 heterocycles. The van der Waals surface area contributed by atoms with Gasteiger partial charge in [0, 0.05) is 0 Å². The molecule has 1 aromatic heterocycles. The monoisotopic (exact) mass is 316 g/mol. The van der Waals surface area contributed by atoms with Crippen LogP contribution in [0.25, 0.3) is 0 Å². The lowest BCUT2D eigenvalue weighted by Gasteiger charge is -2.45. The van der Waals surface area contributed by atoms with E-state index in [1.807, 2.05) is 30.3 Å². The van der Waals surface area contributed by atoms with Crippen molar-refractivity contribution in [3.05, 3.63) is 47.2 Å². The summed E-state index contributed by atoms with van der Waals surface area (Å²) >= 11 is 0. The number of aliphatic hydroxyl groups excluding tert-OH is 1. The molecule has 23 heavy (non-hydrogen) atoms. The fourth-order valence-corrected chi connectivity index (χ4v) is 2.81. The van der Waals surface area contributed by atoms with Crippen molar-refractivity contribution in [2.45, 2.75) is 19.1 Å². The lowest BCUT2D eigenvalue weighted by molar-refractivity contribution is -0.109. The number of rotatable bonds is 4. The number of aromatic nitrogens is 2. The molecule has 122 valence electrons. The van der Waals surface area contributed by atoms with E-state index in [4.69, 9.17) is 10.8 Å². The van der Waals surface area contributed by atoms with Gasteiger partial charge < -0.3 is 20.8 Å². The molecule has 0 saturated carbocycles. The van der Waals surface area contributed by atoms with Crippen molar-refractivity contribution < 1.29 is 15.0 Å². The predicted octanol–water partition coefficient (Wildman–Crippen LogP) is 0.00122. The van der Waals surface area contributed by atoms with Crippen molar-refractivity contribution in [3.8, 4) is 0 Å². The highest BCUT2D eigenvalue weighted by molar-refractivity contribution is 6.00. The van der Waals surface area contributed by atoms with Crippen LogP contribution < -0.4 is 5.73 Å². The molecular formula is C16H20N4O3. The zero-order valence-electron chi connectivity index (χ0n) is 12.9. The molecular weight excluding hydrogens is 296 g/mol. The summed E-state index contributed by atoms with van der Waals surface area (Å²) in [6, 6.07) is 9.74. The first kappa shape index (κ1) is 15.5. The normalized spacial score (nSPS) is 16.2. The Balaban J connectivity index is 1.80. The molecule has 1 aromatic carbocycles. The smallest absolute Gasteiger partial charge is 0.259 e. The highest BCUT2D eigenvalue weighted by atomic mass is 16.3. The number of nitrogens with two attached hydrogens (primary N) is 1. The number of aliphatic hydroxyl groups is 2. The number of carbonyl (C=O) groups excluding carboxylic acids is 1. The van der Waals surface area contributed by atoms with Gasteiger partial charge >= 0.3 is 0 Å². The summed E-state index contributed by atoms with van der Waals surface area (Å²) in [4.78, 5) is 14.0. The third-order valence-corrected chi connectivity index (χ3v) is 4.11. The number of amides is 1. The van der Waals surface area contributed by atoms with Crippen molar-refractivity contribution in [1.82, 2.24) is 14.7 Å². The van der Waals surface area contributed by atoms with E-state index in [9.17, 15) is 9.90 Å². The minimum Gasteiger partial charge on any atom is -0.393 e. The van der Waals surface area contributed by atoms with E-state index in [-0.39, 0.29) is 25.6 Å². The fraction of sp³-hybridized carbons (Fsp3) is 0.375. The maximum Gasteiger partial charge on any atom is 0.259 e. The lowest BCUT2D eigenvalue weighted by atomic mass is 9.94. The SMILES string of the molecule is Cc1nn(Cc2ccccc2)c(N)c1C(=O)N1CC(O)(CO)C1. The molecule has 7 nitrogen and oxygen atoms in total. The molecule has 1 amide bonds. The molecule has 1 aliphatic heterocycles. The first-order valence-corrected chi connectivity index (χ1v) is 7.43. The fourth-order valence-electron chi connectivity index (χ4n) is 2.81. The van der Waals surface area contributed by atoms with Crippen LogP contribution >= 0.6 is 0 Å². The van der Waals surface area contributed by atoms with Gasteiger partial charge in [0.15, 0.2) is 0 Å². The van der Waals surface area contributed by atoms with E-state index in [1.54, 1.807) is 11.6 Å². The Bertz CT molecular complexity index is 720. The van der Waals surface area contributed by atoms with Crippen LogP contribution in [0.3, 0.4) is 0 Å². The third-order valence-electron chi connectivity index (χ3n) is 4.11. The third kappa shape index (κ3) is 2.80. The van der Waals surface area contributed by atoms with Crippen LogP contribution in [0, 0.1) is 6.92 Å². The minimum absolute atomic E-state index is 0.102. The molecule has 0 aliphatic carbocycles.